The van der Waals surface area contributed by atoms with Crippen molar-refractivity contribution in [3.63, 3.8) is 0 Å². The second-order valence-electron chi connectivity index (χ2n) is 8.22. The lowest BCUT2D eigenvalue weighted by molar-refractivity contribution is 0.102. The van der Waals surface area contributed by atoms with E-state index in [2.05, 4.69) is 20.4 Å². The SMILES string of the molecule is CCn1cnc(NC(=O)c2cnc3cc(C(O)(c4ccccc4)c4ccccc4)n(CC)c3c2)n1. The summed E-state index contributed by atoms with van der Waals surface area (Å²) >= 11 is 0. The Balaban J connectivity index is 1.62. The highest BCUT2D eigenvalue weighted by Gasteiger charge is 2.37. The smallest absolute Gasteiger partial charge is 0.259 e. The van der Waals surface area contributed by atoms with Gasteiger partial charge in [-0.3, -0.25) is 19.8 Å². The first kappa shape index (κ1) is 22.5. The van der Waals surface area contributed by atoms with Crippen molar-refractivity contribution in [3.8, 4) is 0 Å². The molecular formula is C27H26N6O2. The molecule has 5 aromatic rings. The Labute approximate surface area is 202 Å². The molecule has 8 nitrogen and oxygen atoms in total. The minimum Gasteiger partial charge on any atom is -0.375 e. The molecule has 5 rings (SSSR count). The van der Waals surface area contributed by atoms with Gasteiger partial charge in [-0.05, 0) is 37.1 Å². The third-order valence-corrected chi connectivity index (χ3v) is 6.17. The maximum absolute atomic E-state index is 12.9. The molecule has 0 saturated heterocycles. The fourth-order valence-electron chi connectivity index (χ4n) is 4.39. The van der Waals surface area contributed by atoms with Crippen molar-refractivity contribution in [3.05, 3.63) is 108 Å². The fourth-order valence-corrected chi connectivity index (χ4v) is 4.39. The zero-order valence-electron chi connectivity index (χ0n) is 19.6. The van der Waals surface area contributed by atoms with Gasteiger partial charge in [-0.15, -0.1) is 5.10 Å². The van der Waals surface area contributed by atoms with Crippen LogP contribution in [0, 0.1) is 0 Å². The molecule has 0 bridgehead atoms. The van der Waals surface area contributed by atoms with Gasteiger partial charge in [-0.1, -0.05) is 60.7 Å². The van der Waals surface area contributed by atoms with Crippen LogP contribution in [0.15, 0.2) is 85.3 Å². The van der Waals surface area contributed by atoms with Crippen molar-refractivity contribution < 1.29 is 9.90 Å². The van der Waals surface area contributed by atoms with Crippen molar-refractivity contribution in [2.45, 2.75) is 32.5 Å². The summed E-state index contributed by atoms with van der Waals surface area (Å²) in [5.41, 5.74) is 2.61. The number of aryl methyl sites for hydroxylation is 2. The number of carbonyl (C=O) groups is 1. The molecule has 0 radical (unpaired) electrons. The van der Waals surface area contributed by atoms with E-state index in [1.54, 1.807) is 17.1 Å². The quantitative estimate of drug-likeness (QED) is 0.375. The predicted octanol–water partition coefficient (Wildman–Crippen LogP) is 4.20. The van der Waals surface area contributed by atoms with Gasteiger partial charge in [0.15, 0.2) is 5.60 Å². The lowest BCUT2D eigenvalue weighted by Crippen LogP contribution is -2.31. The Hall–Kier alpha value is -4.30. The van der Waals surface area contributed by atoms with Crippen LogP contribution < -0.4 is 5.32 Å². The van der Waals surface area contributed by atoms with Crippen LogP contribution in [-0.2, 0) is 18.7 Å². The molecule has 2 aromatic carbocycles. The number of rotatable bonds is 7. The highest BCUT2D eigenvalue weighted by molar-refractivity contribution is 6.04. The molecule has 1 amide bonds. The van der Waals surface area contributed by atoms with Gasteiger partial charge < -0.3 is 9.67 Å². The number of aliphatic hydroxyl groups is 1. The van der Waals surface area contributed by atoms with E-state index in [-0.39, 0.29) is 11.9 Å². The van der Waals surface area contributed by atoms with Crippen molar-refractivity contribution in [2.24, 2.45) is 0 Å². The van der Waals surface area contributed by atoms with Gasteiger partial charge >= 0.3 is 0 Å². The van der Waals surface area contributed by atoms with Crippen LogP contribution >= 0.6 is 0 Å². The first-order valence-corrected chi connectivity index (χ1v) is 11.6. The molecule has 0 unspecified atom stereocenters. The number of nitrogens with zero attached hydrogens (tertiary/aromatic N) is 5. The van der Waals surface area contributed by atoms with Crippen molar-refractivity contribution in [1.29, 1.82) is 0 Å². The zero-order valence-corrected chi connectivity index (χ0v) is 19.6. The summed E-state index contributed by atoms with van der Waals surface area (Å²) in [7, 11) is 0. The number of amides is 1. The number of carbonyl (C=O) groups excluding carboxylic acids is 1. The van der Waals surface area contributed by atoms with Crippen LogP contribution in [-0.4, -0.2) is 35.3 Å². The highest BCUT2D eigenvalue weighted by atomic mass is 16.3. The lowest BCUT2D eigenvalue weighted by Gasteiger charge is -2.31. The third-order valence-electron chi connectivity index (χ3n) is 6.17. The Morgan fingerprint density at radius 1 is 0.943 bits per heavy atom. The third kappa shape index (κ3) is 3.98. The van der Waals surface area contributed by atoms with Crippen LogP contribution in [0.1, 0.15) is 41.0 Å². The standard InChI is InChI=1S/C27H26N6O2/c1-3-32-18-29-26(31-32)30-25(34)19-15-23-22(28-17-19)16-24(33(23)4-2)27(35,20-11-7-5-8-12-20)21-13-9-6-10-14-21/h5-18,35H,3-4H2,1-2H3,(H,30,31,34). The fraction of sp³-hybridized carbons (Fsp3) is 0.185. The van der Waals surface area contributed by atoms with Gasteiger partial charge in [0.2, 0.25) is 5.95 Å². The molecule has 0 aliphatic carbocycles. The molecule has 176 valence electrons. The second-order valence-corrected chi connectivity index (χ2v) is 8.22. The van der Waals surface area contributed by atoms with Crippen LogP contribution in [0.4, 0.5) is 5.95 Å². The number of nitrogens with one attached hydrogen (secondary N) is 1. The summed E-state index contributed by atoms with van der Waals surface area (Å²) in [4.78, 5) is 21.6. The summed E-state index contributed by atoms with van der Waals surface area (Å²) in [5, 5.41) is 19.2. The van der Waals surface area contributed by atoms with Gasteiger partial charge in [0, 0.05) is 19.3 Å². The van der Waals surface area contributed by atoms with Crippen LogP contribution in [0.3, 0.4) is 0 Å². The highest BCUT2D eigenvalue weighted by Crippen LogP contribution is 2.39. The lowest BCUT2D eigenvalue weighted by atomic mass is 9.83. The number of hydrogen-bond acceptors (Lipinski definition) is 5. The van der Waals surface area contributed by atoms with E-state index in [0.29, 0.717) is 29.9 Å². The molecule has 0 fully saturated rings. The van der Waals surface area contributed by atoms with E-state index >= 15 is 0 Å². The number of fused-ring (bicyclic) bond motifs is 1. The average molecular weight is 467 g/mol. The molecule has 0 aliphatic rings. The van der Waals surface area contributed by atoms with Gasteiger partial charge in [-0.25, -0.2) is 4.98 Å². The largest absolute Gasteiger partial charge is 0.375 e. The molecule has 35 heavy (non-hydrogen) atoms. The predicted molar refractivity (Wildman–Crippen MR) is 134 cm³/mol. The minimum absolute atomic E-state index is 0.242. The Bertz CT molecular complexity index is 1430. The molecule has 0 saturated carbocycles. The first-order chi connectivity index (χ1) is 17.0. The van der Waals surface area contributed by atoms with Crippen molar-refractivity contribution >= 4 is 22.9 Å². The summed E-state index contributed by atoms with van der Waals surface area (Å²) in [5.74, 6) is -0.105. The van der Waals surface area contributed by atoms with Gasteiger partial charge in [-0.2, -0.15) is 0 Å². The van der Waals surface area contributed by atoms with Crippen LogP contribution in [0.25, 0.3) is 11.0 Å². The maximum Gasteiger partial charge on any atom is 0.259 e. The maximum atomic E-state index is 12.9. The van der Waals surface area contributed by atoms with Crippen molar-refractivity contribution in [2.75, 3.05) is 5.32 Å². The van der Waals surface area contributed by atoms with Gasteiger partial charge in [0.1, 0.15) is 6.33 Å². The summed E-state index contributed by atoms with van der Waals surface area (Å²) in [6, 6.07) is 22.9. The molecule has 2 N–H and O–H groups in total. The normalized spacial score (nSPS) is 11.6. The number of aromatic nitrogens is 5. The van der Waals surface area contributed by atoms with E-state index in [4.69, 9.17) is 0 Å². The summed E-state index contributed by atoms with van der Waals surface area (Å²) < 4.78 is 3.64. The molecule has 3 aromatic heterocycles. The molecule has 3 heterocycles. The second kappa shape index (κ2) is 9.15. The topological polar surface area (TPSA) is 97.9 Å². The van der Waals surface area contributed by atoms with Crippen LogP contribution in [0.2, 0.25) is 0 Å². The first-order valence-electron chi connectivity index (χ1n) is 11.6. The van der Waals surface area contributed by atoms with E-state index in [1.807, 2.05) is 85.1 Å². The number of pyridine rings is 1. The number of anilines is 1. The molecule has 0 aliphatic heterocycles. The van der Waals surface area contributed by atoms with Gasteiger partial charge in [0.25, 0.3) is 5.91 Å². The minimum atomic E-state index is -1.40. The zero-order chi connectivity index (χ0) is 24.4. The summed E-state index contributed by atoms with van der Waals surface area (Å²) in [6.45, 7) is 5.19. The Morgan fingerprint density at radius 3 is 2.17 bits per heavy atom. The molecule has 0 atom stereocenters. The summed E-state index contributed by atoms with van der Waals surface area (Å²) in [6.07, 6.45) is 3.10. The van der Waals surface area contributed by atoms with Gasteiger partial charge in [0.05, 0.1) is 22.3 Å². The van der Waals surface area contributed by atoms with E-state index < -0.39 is 5.60 Å². The molecule has 8 heteroatoms. The average Bonchev–Trinajstić information content (AvgIpc) is 3.53. The van der Waals surface area contributed by atoms with Crippen LogP contribution in [0.5, 0.6) is 0 Å². The number of benzene rings is 2. The monoisotopic (exact) mass is 466 g/mol. The van der Waals surface area contributed by atoms with E-state index in [9.17, 15) is 9.90 Å². The Kier molecular flexibility index (Phi) is 5.88. The molecular weight excluding hydrogens is 440 g/mol. The van der Waals surface area contributed by atoms with E-state index in [0.717, 1.165) is 16.6 Å². The van der Waals surface area contributed by atoms with Crippen molar-refractivity contribution in [1.82, 2.24) is 24.3 Å². The number of hydrogen-bond donors (Lipinski definition) is 2. The Morgan fingerprint density at radius 2 is 1.60 bits per heavy atom. The molecule has 0 spiro atoms. The van der Waals surface area contributed by atoms with E-state index in [1.165, 1.54) is 6.20 Å².